The van der Waals surface area contributed by atoms with Gasteiger partial charge in [0.1, 0.15) is 17.6 Å². The van der Waals surface area contributed by atoms with Gasteiger partial charge in [0.2, 0.25) is 10.0 Å². The number of aliphatic carboxylic acids is 1. The SMILES string of the molecule is O=C(O)C1CN(c2ccc3ncccc3n2)CCN1S(=O)(=O)c1ccc(OC(F)(F)F)cc1. The number of carboxylic acid groups (broad SMARTS) is 1. The summed E-state index contributed by atoms with van der Waals surface area (Å²) < 4.78 is 67.7. The van der Waals surface area contributed by atoms with E-state index in [1.165, 1.54) is 0 Å². The quantitative estimate of drug-likeness (QED) is 0.590. The van der Waals surface area contributed by atoms with E-state index in [0.29, 0.717) is 16.9 Å². The maximum Gasteiger partial charge on any atom is 0.573 e. The highest BCUT2D eigenvalue weighted by Gasteiger charge is 2.41. The second-order valence-electron chi connectivity index (χ2n) is 7.15. The third-order valence-corrected chi connectivity index (χ3v) is 6.97. The molecule has 9 nitrogen and oxygen atoms in total. The molecule has 2 aromatic heterocycles. The number of ether oxygens (including phenoxy) is 1. The van der Waals surface area contributed by atoms with Crippen LogP contribution < -0.4 is 9.64 Å². The van der Waals surface area contributed by atoms with Gasteiger partial charge < -0.3 is 14.7 Å². The van der Waals surface area contributed by atoms with Crippen LogP contribution in [0.2, 0.25) is 0 Å². The van der Waals surface area contributed by atoms with Crippen molar-refractivity contribution in [3.8, 4) is 5.75 Å². The predicted octanol–water partition coefficient (Wildman–Crippen LogP) is 2.49. The van der Waals surface area contributed by atoms with Crippen molar-refractivity contribution >= 4 is 32.8 Å². The van der Waals surface area contributed by atoms with E-state index in [1.54, 1.807) is 35.4 Å². The Hall–Kier alpha value is -3.45. The van der Waals surface area contributed by atoms with E-state index >= 15 is 0 Å². The minimum absolute atomic E-state index is 0.160. The van der Waals surface area contributed by atoms with Gasteiger partial charge in [-0.15, -0.1) is 13.2 Å². The number of carbonyl (C=O) groups is 1. The van der Waals surface area contributed by atoms with Crippen molar-refractivity contribution in [3.05, 3.63) is 54.7 Å². The summed E-state index contributed by atoms with van der Waals surface area (Å²) in [5.41, 5.74) is 1.27. The Morgan fingerprint density at radius 1 is 1.06 bits per heavy atom. The first kappa shape index (κ1) is 22.7. The van der Waals surface area contributed by atoms with Crippen LogP contribution in [0.5, 0.6) is 5.75 Å². The minimum Gasteiger partial charge on any atom is -0.480 e. The minimum atomic E-state index is -4.92. The molecule has 3 heterocycles. The van der Waals surface area contributed by atoms with Crippen molar-refractivity contribution in [2.45, 2.75) is 17.3 Å². The molecule has 0 aliphatic carbocycles. The summed E-state index contributed by atoms with van der Waals surface area (Å²) in [6, 6.07) is 9.07. The third kappa shape index (κ3) is 4.83. The Morgan fingerprint density at radius 3 is 2.45 bits per heavy atom. The number of carboxylic acids is 1. The van der Waals surface area contributed by atoms with Crippen molar-refractivity contribution in [1.29, 1.82) is 0 Å². The van der Waals surface area contributed by atoms with Crippen LogP contribution in [0.3, 0.4) is 0 Å². The number of anilines is 1. The normalized spacial score (nSPS) is 17.8. The van der Waals surface area contributed by atoms with E-state index in [4.69, 9.17) is 0 Å². The number of pyridine rings is 2. The Labute approximate surface area is 186 Å². The van der Waals surface area contributed by atoms with Gasteiger partial charge in [0, 0.05) is 25.8 Å². The zero-order valence-electron chi connectivity index (χ0n) is 16.8. The molecule has 0 bridgehead atoms. The number of nitrogens with zero attached hydrogens (tertiary/aromatic N) is 4. The van der Waals surface area contributed by atoms with E-state index in [0.717, 1.165) is 28.6 Å². The molecular weight excluding hydrogens is 465 g/mol. The Morgan fingerprint density at radius 2 is 1.79 bits per heavy atom. The van der Waals surface area contributed by atoms with Crippen molar-refractivity contribution in [2.75, 3.05) is 24.5 Å². The van der Waals surface area contributed by atoms with Crippen LogP contribution in [-0.2, 0) is 14.8 Å². The second kappa shape index (κ2) is 8.48. The standard InChI is InChI=1S/C20H17F3N4O5S/c21-20(22,23)32-13-3-5-14(6-4-13)33(30,31)27-11-10-26(12-17(27)19(28)29)18-8-7-15-16(25-18)2-1-9-24-15/h1-9,17H,10-12H2,(H,28,29). The highest BCUT2D eigenvalue weighted by molar-refractivity contribution is 7.89. The molecule has 0 spiro atoms. The van der Waals surface area contributed by atoms with Crippen LogP contribution >= 0.6 is 0 Å². The molecule has 1 aromatic carbocycles. The molecule has 174 valence electrons. The highest BCUT2D eigenvalue weighted by Crippen LogP contribution is 2.28. The van der Waals surface area contributed by atoms with Crippen LogP contribution in [0.25, 0.3) is 11.0 Å². The predicted molar refractivity (Wildman–Crippen MR) is 110 cm³/mol. The van der Waals surface area contributed by atoms with Crippen LogP contribution in [0.15, 0.2) is 59.6 Å². The molecule has 1 saturated heterocycles. The number of halogens is 3. The lowest BCUT2D eigenvalue weighted by Gasteiger charge is -2.39. The van der Waals surface area contributed by atoms with Crippen LogP contribution in [0.1, 0.15) is 0 Å². The molecular formula is C20H17F3N4O5S. The lowest BCUT2D eigenvalue weighted by atomic mass is 10.2. The van der Waals surface area contributed by atoms with E-state index < -0.39 is 34.1 Å². The summed E-state index contributed by atoms with van der Waals surface area (Å²) in [6.07, 6.45) is -3.30. The second-order valence-corrected chi connectivity index (χ2v) is 9.04. The molecule has 1 aliphatic heterocycles. The summed E-state index contributed by atoms with van der Waals surface area (Å²) in [5, 5.41) is 9.72. The van der Waals surface area contributed by atoms with Crippen molar-refractivity contribution in [1.82, 2.24) is 14.3 Å². The zero-order valence-corrected chi connectivity index (χ0v) is 17.6. The smallest absolute Gasteiger partial charge is 0.480 e. The van der Waals surface area contributed by atoms with Gasteiger partial charge in [0.15, 0.2) is 0 Å². The molecule has 0 amide bonds. The average molecular weight is 482 g/mol. The summed E-state index contributed by atoms with van der Waals surface area (Å²) >= 11 is 0. The summed E-state index contributed by atoms with van der Waals surface area (Å²) in [6.45, 7) is -0.160. The van der Waals surface area contributed by atoms with Gasteiger partial charge in [0.25, 0.3) is 0 Å². The van der Waals surface area contributed by atoms with Crippen molar-refractivity contribution in [2.24, 2.45) is 0 Å². The van der Waals surface area contributed by atoms with E-state index in [9.17, 15) is 31.5 Å². The molecule has 4 rings (SSSR count). The third-order valence-electron chi connectivity index (χ3n) is 5.05. The highest BCUT2D eigenvalue weighted by atomic mass is 32.2. The number of rotatable bonds is 5. The fraction of sp³-hybridized carbons (Fsp3) is 0.250. The zero-order chi connectivity index (χ0) is 23.8. The van der Waals surface area contributed by atoms with Crippen LogP contribution in [0, 0.1) is 0 Å². The molecule has 1 unspecified atom stereocenters. The van der Waals surface area contributed by atoms with Gasteiger partial charge in [-0.1, -0.05) is 0 Å². The van der Waals surface area contributed by atoms with Gasteiger partial charge in [-0.05, 0) is 48.5 Å². The largest absolute Gasteiger partial charge is 0.573 e. The van der Waals surface area contributed by atoms with Crippen LogP contribution in [0.4, 0.5) is 19.0 Å². The molecule has 0 radical (unpaired) electrons. The number of hydrogen-bond acceptors (Lipinski definition) is 7. The van der Waals surface area contributed by atoms with Gasteiger partial charge in [-0.25, -0.2) is 13.4 Å². The first-order valence-corrected chi connectivity index (χ1v) is 11.1. The Balaban J connectivity index is 1.57. The molecule has 13 heteroatoms. The number of piperazine rings is 1. The number of benzene rings is 1. The maximum atomic E-state index is 13.1. The molecule has 1 fully saturated rings. The van der Waals surface area contributed by atoms with E-state index in [2.05, 4.69) is 14.7 Å². The maximum absolute atomic E-state index is 13.1. The van der Waals surface area contributed by atoms with Crippen molar-refractivity contribution < 1.29 is 36.2 Å². The van der Waals surface area contributed by atoms with Gasteiger partial charge in [-0.2, -0.15) is 4.31 Å². The molecule has 0 saturated carbocycles. The van der Waals surface area contributed by atoms with E-state index in [1.807, 2.05) is 0 Å². The lowest BCUT2D eigenvalue weighted by Crippen LogP contribution is -2.58. The Bertz CT molecular complexity index is 1280. The fourth-order valence-electron chi connectivity index (χ4n) is 3.53. The summed E-state index contributed by atoms with van der Waals surface area (Å²) in [7, 11) is -4.30. The summed E-state index contributed by atoms with van der Waals surface area (Å²) in [4.78, 5) is 21.9. The topological polar surface area (TPSA) is 113 Å². The Kier molecular flexibility index (Phi) is 5.84. The molecule has 1 aliphatic rings. The molecule has 3 aromatic rings. The molecule has 33 heavy (non-hydrogen) atoms. The summed E-state index contributed by atoms with van der Waals surface area (Å²) in [5.74, 6) is -1.46. The monoisotopic (exact) mass is 482 g/mol. The fourth-order valence-corrected chi connectivity index (χ4v) is 5.10. The number of aromatic nitrogens is 2. The number of fused-ring (bicyclic) bond motifs is 1. The van der Waals surface area contributed by atoms with Crippen molar-refractivity contribution in [3.63, 3.8) is 0 Å². The molecule has 1 atom stereocenters. The average Bonchev–Trinajstić information content (AvgIpc) is 2.77. The number of alkyl halides is 3. The number of hydrogen-bond donors (Lipinski definition) is 1. The van der Waals surface area contributed by atoms with Crippen LogP contribution in [-0.4, -0.2) is 65.8 Å². The van der Waals surface area contributed by atoms with Gasteiger partial charge >= 0.3 is 12.3 Å². The first-order chi connectivity index (χ1) is 15.5. The van der Waals surface area contributed by atoms with E-state index in [-0.39, 0.29) is 24.5 Å². The van der Waals surface area contributed by atoms with Gasteiger partial charge in [0.05, 0.1) is 15.9 Å². The first-order valence-electron chi connectivity index (χ1n) is 9.62. The number of sulfonamides is 1. The van der Waals surface area contributed by atoms with Gasteiger partial charge in [-0.3, -0.25) is 9.78 Å². The molecule has 1 N–H and O–H groups in total. The lowest BCUT2D eigenvalue weighted by molar-refractivity contribution is -0.274.